The van der Waals surface area contributed by atoms with E-state index in [-0.39, 0.29) is 0 Å². The summed E-state index contributed by atoms with van der Waals surface area (Å²) >= 11 is 1.80. The van der Waals surface area contributed by atoms with Crippen molar-refractivity contribution in [3.8, 4) is 10.4 Å². The molecule has 0 aliphatic rings. The summed E-state index contributed by atoms with van der Waals surface area (Å²) in [6.07, 6.45) is 0. The summed E-state index contributed by atoms with van der Waals surface area (Å²) in [4.78, 5) is 1.37. The normalized spacial score (nSPS) is 10.8. The van der Waals surface area contributed by atoms with Gasteiger partial charge in [0, 0.05) is 16.6 Å². The number of aryl methyl sites for hydroxylation is 1. The van der Waals surface area contributed by atoms with Crippen molar-refractivity contribution in [2.75, 3.05) is 5.32 Å². The molecule has 0 amide bonds. The first-order valence-corrected chi connectivity index (χ1v) is 6.46. The van der Waals surface area contributed by atoms with Crippen LogP contribution in [0.5, 0.6) is 0 Å². The largest absolute Gasteiger partial charge is 0.383 e. The summed E-state index contributed by atoms with van der Waals surface area (Å²) in [5, 5.41) is 5.58. The quantitative estimate of drug-likeness (QED) is 0.817. The van der Waals surface area contributed by atoms with Gasteiger partial charge in [-0.05, 0) is 55.5 Å². The van der Waals surface area contributed by atoms with Crippen LogP contribution < -0.4 is 5.32 Å². The third-order valence-electron chi connectivity index (χ3n) is 2.44. The van der Waals surface area contributed by atoms with Crippen molar-refractivity contribution >= 4 is 17.0 Å². The van der Waals surface area contributed by atoms with Crippen LogP contribution in [0.25, 0.3) is 10.4 Å². The molecule has 1 aromatic heterocycles. The first-order valence-electron chi connectivity index (χ1n) is 5.58. The highest BCUT2D eigenvalue weighted by Crippen LogP contribution is 2.30. The highest BCUT2D eigenvalue weighted by molar-refractivity contribution is 7.13. The van der Waals surface area contributed by atoms with E-state index in [2.05, 4.69) is 61.8 Å². The van der Waals surface area contributed by atoms with Gasteiger partial charge < -0.3 is 5.32 Å². The zero-order chi connectivity index (χ0) is 11.5. The molecule has 0 saturated carbocycles. The van der Waals surface area contributed by atoms with Gasteiger partial charge in [0.1, 0.15) is 0 Å². The van der Waals surface area contributed by atoms with Crippen LogP contribution in [0.1, 0.15) is 19.4 Å². The number of hydrogen-bond acceptors (Lipinski definition) is 2. The Balaban J connectivity index is 2.33. The first-order chi connectivity index (χ1) is 7.66. The van der Waals surface area contributed by atoms with Gasteiger partial charge in [-0.15, -0.1) is 11.3 Å². The molecule has 1 aromatic carbocycles. The maximum atomic E-state index is 3.43. The van der Waals surface area contributed by atoms with Crippen molar-refractivity contribution in [1.82, 2.24) is 0 Å². The maximum absolute atomic E-state index is 3.43. The zero-order valence-electron chi connectivity index (χ0n) is 9.95. The van der Waals surface area contributed by atoms with Gasteiger partial charge in [0.15, 0.2) is 0 Å². The van der Waals surface area contributed by atoms with Crippen LogP contribution in [0, 0.1) is 6.92 Å². The van der Waals surface area contributed by atoms with E-state index in [1.165, 1.54) is 21.7 Å². The third-order valence-corrected chi connectivity index (χ3v) is 3.51. The average Bonchev–Trinajstić information content (AvgIpc) is 2.64. The fourth-order valence-electron chi connectivity index (χ4n) is 1.75. The Labute approximate surface area is 101 Å². The van der Waals surface area contributed by atoms with Crippen LogP contribution in [0.2, 0.25) is 0 Å². The second-order valence-electron chi connectivity index (χ2n) is 4.31. The van der Waals surface area contributed by atoms with E-state index in [1.807, 2.05) is 0 Å². The molecule has 1 nitrogen and oxygen atoms in total. The number of benzene rings is 1. The van der Waals surface area contributed by atoms with Gasteiger partial charge >= 0.3 is 0 Å². The summed E-state index contributed by atoms with van der Waals surface area (Å²) < 4.78 is 0. The van der Waals surface area contributed by atoms with Crippen LogP contribution in [0.3, 0.4) is 0 Å². The van der Waals surface area contributed by atoms with Crippen LogP contribution in [-0.2, 0) is 0 Å². The van der Waals surface area contributed by atoms with Crippen molar-refractivity contribution < 1.29 is 0 Å². The molecule has 2 rings (SSSR count). The highest BCUT2D eigenvalue weighted by atomic mass is 32.1. The number of anilines is 1. The minimum atomic E-state index is 0.472. The third kappa shape index (κ3) is 2.45. The van der Waals surface area contributed by atoms with E-state index in [0.29, 0.717) is 6.04 Å². The molecular weight excluding hydrogens is 214 g/mol. The van der Waals surface area contributed by atoms with Gasteiger partial charge in [0.25, 0.3) is 0 Å². The predicted molar refractivity (Wildman–Crippen MR) is 73.3 cm³/mol. The predicted octanol–water partition coefficient (Wildman–Crippen LogP) is 4.54. The molecule has 0 aliphatic heterocycles. The molecule has 2 heteroatoms. The molecule has 84 valence electrons. The summed E-state index contributed by atoms with van der Waals surface area (Å²) in [5.41, 5.74) is 3.85. The molecule has 0 aliphatic carbocycles. The lowest BCUT2D eigenvalue weighted by Crippen LogP contribution is -2.09. The van der Waals surface area contributed by atoms with Gasteiger partial charge in [-0.1, -0.05) is 12.1 Å². The topological polar surface area (TPSA) is 12.0 Å². The number of nitrogens with one attached hydrogen (secondary N) is 1. The van der Waals surface area contributed by atoms with Crippen molar-refractivity contribution in [2.45, 2.75) is 26.8 Å². The lowest BCUT2D eigenvalue weighted by molar-refractivity contribution is 0.900. The average molecular weight is 231 g/mol. The van der Waals surface area contributed by atoms with Crippen LogP contribution in [0.4, 0.5) is 5.69 Å². The lowest BCUT2D eigenvalue weighted by Gasteiger charge is -2.11. The number of thiophene rings is 1. The van der Waals surface area contributed by atoms with E-state index in [9.17, 15) is 0 Å². The van der Waals surface area contributed by atoms with Gasteiger partial charge in [-0.3, -0.25) is 0 Å². The Kier molecular flexibility index (Phi) is 3.30. The molecule has 0 saturated heterocycles. The SMILES string of the molecule is Cc1ccsc1-c1cccc(NC(C)C)c1. The van der Waals surface area contributed by atoms with E-state index in [1.54, 1.807) is 11.3 Å². The van der Waals surface area contributed by atoms with Gasteiger partial charge in [-0.2, -0.15) is 0 Å². The molecule has 0 atom stereocenters. The molecular formula is C14H17NS. The summed E-state index contributed by atoms with van der Waals surface area (Å²) in [6, 6.07) is 11.3. The molecule has 1 heterocycles. The van der Waals surface area contributed by atoms with Crippen LogP contribution in [0.15, 0.2) is 35.7 Å². The monoisotopic (exact) mass is 231 g/mol. The maximum Gasteiger partial charge on any atom is 0.0372 e. The second kappa shape index (κ2) is 4.71. The Hall–Kier alpha value is -1.28. The lowest BCUT2D eigenvalue weighted by atomic mass is 10.1. The molecule has 0 spiro atoms. The summed E-state index contributed by atoms with van der Waals surface area (Å²) in [6.45, 7) is 6.47. The van der Waals surface area contributed by atoms with Crippen molar-refractivity contribution in [3.05, 3.63) is 41.3 Å². The summed E-state index contributed by atoms with van der Waals surface area (Å²) in [5.74, 6) is 0. The van der Waals surface area contributed by atoms with E-state index in [0.717, 1.165) is 0 Å². The van der Waals surface area contributed by atoms with Crippen molar-refractivity contribution in [3.63, 3.8) is 0 Å². The van der Waals surface area contributed by atoms with Gasteiger partial charge in [0.05, 0.1) is 0 Å². The van der Waals surface area contributed by atoms with Gasteiger partial charge in [-0.25, -0.2) is 0 Å². The molecule has 16 heavy (non-hydrogen) atoms. The molecule has 2 aromatic rings. The Bertz CT molecular complexity index is 471. The smallest absolute Gasteiger partial charge is 0.0372 e. The van der Waals surface area contributed by atoms with E-state index < -0.39 is 0 Å². The summed E-state index contributed by atoms with van der Waals surface area (Å²) in [7, 11) is 0. The van der Waals surface area contributed by atoms with Crippen LogP contribution in [-0.4, -0.2) is 6.04 Å². The minimum absolute atomic E-state index is 0.472. The zero-order valence-corrected chi connectivity index (χ0v) is 10.8. The second-order valence-corrected chi connectivity index (χ2v) is 5.23. The molecule has 1 N–H and O–H groups in total. The fraction of sp³-hybridized carbons (Fsp3) is 0.286. The standard InChI is InChI=1S/C14H17NS/c1-10(2)15-13-6-4-5-12(9-13)14-11(3)7-8-16-14/h4-10,15H,1-3H3. The molecule has 0 bridgehead atoms. The van der Waals surface area contributed by atoms with E-state index >= 15 is 0 Å². The Morgan fingerprint density at radius 3 is 2.62 bits per heavy atom. The molecule has 0 unspecified atom stereocenters. The Morgan fingerprint density at radius 2 is 2.00 bits per heavy atom. The Morgan fingerprint density at radius 1 is 1.19 bits per heavy atom. The van der Waals surface area contributed by atoms with Gasteiger partial charge in [0.2, 0.25) is 0 Å². The van der Waals surface area contributed by atoms with Crippen molar-refractivity contribution in [1.29, 1.82) is 0 Å². The fourth-order valence-corrected chi connectivity index (χ4v) is 2.68. The first kappa shape index (κ1) is 11.2. The number of hydrogen-bond donors (Lipinski definition) is 1. The number of rotatable bonds is 3. The molecule has 0 fully saturated rings. The molecule has 0 radical (unpaired) electrons. The van der Waals surface area contributed by atoms with Crippen molar-refractivity contribution in [2.24, 2.45) is 0 Å². The van der Waals surface area contributed by atoms with Crippen LogP contribution >= 0.6 is 11.3 Å². The minimum Gasteiger partial charge on any atom is -0.383 e. The van der Waals surface area contributed by atoms with E-state index in [4.69, 9.17) is 0 Å². The highest BCUT2D eigenvalue weighted by Gasteiger charge is 2.04.